The number of piperazine rings is 1. The number of ether oxygens (including phenoxy) is 1. The van der Waals surface area contributed by atoms with E-state index in [-0.39, 0.29) is 0 Å². The first-order valence-electron chi connectivity index (χ1n) is 9.73. The molecule has 138 valence electrons. The summed E-state index contributed by atoms with van der Waals surface area (Å²) in [5.41, 5.74) is 3.73. The van der Waals surface area contributed by atoms with Crippen LogP contribution in [0.4, 0.5) is 0 Å². The molecule has 0 aromatic heterocycles. The molecule has 2 aromatic carbocycles. The average Bonchev–Trinajstić information content (AvgIpc) is 3.18. The minimum Gasteiger partial charge on any atom is -0.496 e. The quantitative estimate of drug-likeness (QED) is 0.896. The van der Waals surface area contributed by atoms with E-state index >= 15 is 0 Å². The molecule has 4 nitrogen and oxygen atoms in total. The van der Waals surface area contributed by atoms with Gasteiger partial charge in [-0.3, -0.25) is 9.80 Å². The van der Waals surface area contributed by atoms with Gasteiger partial charge in [0, 0.05) is 57.4 Å². The molecule has 4 rings (SSSR count). The molecule has 2 saturated heterocycles. The monoisotopic (exact) mass is 351 g/mol. The summed E-state index contributed by atoms with van der Waals surface area (Å²) in [6.07, 6.45) is 1.28. The van der Waals surface area contributed by atoms with Crippen LogP contribution >= 0.6 is 0 Å². The van der Waals surface area contributed by atoms with E-state index in [1.807, 2.05) is 0 Å². The summed E-state index contributed by atoms with van der Waals surface area (Å²) in [7, 11) is 1.78. The number of nitrogens with zero attached hydrogens (tertiary/aromatic N) is 2. The average molecular weight is 351 g/mol. The van der Waals surface area contributed by atoms with Crippen LogP contribution in [-0.4, -0.2) is 62.2 Å². The summed E-state index contributed by atoms with van der Waals surface area (Å²) in [6, 6.07) is 17.8. The zero-order valence-electron chi connectivity index (χ0n) is 15.7. The lowest BCUT2D eigenvalue weighted by atomic mass is 10.0. The number of likely N-dealkylation sites (tertiary alicyclic amines) is 1. The van der Waals surface area contributed by atoms with Crippen molar-refractivity contribution >= 4 is 0 Å². The molecule has 0 amide bonds. The second-order valence-electron chi connectivity index (χ2n) is 7.36. The van der Waals surface area contributed by atoms with Crippen LogP contribution in [0.3, 0.4) is 0 Å². The van der Waals surface area contributed by atoms with Gasteiger partial charge < -0.3 is 10.1 Å². The third-order valence-electron chi connectivity index (χ3n) is 5.70. The highest BCUT2D eigenvalue weighted by Gasteiger charge is 2.28. The predicted octanol–water partition coefficient (Wildman–Crippen LogP) is 2.84. The van der Waals surface area contributed by atoms with Crippen molar-refractivity contribution in [3.8, 4) is 16.9 Å². The van der Waals surface area contributed by atoms with E-state index in [0.29, 0.717) is 6.04 Å². The Kier molecular flexibility index (Phi) is 5.54. The van der Waals surface area contributed by atoms with E-state index in [0.717, 1.165) is 25.4 Å². The van der Waals surface area contributed by atoms with Crippen LogP contribution in [0.25, 0.3) is 11.1 Å². The number of benzene rings is 2. The third kappa shape index (κ3) is 3.93. The maximum Gasteiger partial charge on any atom is 0.123 e. The molecule has 2 aromatic rings. The first-order valence-corrected chi connectivity index (χ1v) is 9.73. The van der Waals surface area contributed by atoms with Crippen LogP contribution in [0.5, 0.6) is 5.75 Å². The lowest BCUT2D eigenvalue weighted by Gasteiger charge is -2.32. The van der Waals surface area contributed by atoms with Gasteiger partial charge in [0.25, 0.3) is 0 Å². The summed E-state index contributed by atoms with van der Waals surface area (Å²) >= 11 is 0. The van der Waals surface area contributed by atoms with Gasteiger partial charge in [-0.15, -0.1) is 0 Å². The minimum atomic E-state index is 0.715. The zero-order chi connectivity index (χ0) is 17.8. The van der Waals surface area contributed by atoms with Gasteiger partial charge in [0.05, 0.1) is 7.11 Å². The van der Waals surface area contributed by atoms with Gasteiger partial charge >= 0.3 is 0 Å². The molecule has 1 unspecified atom stereocenters. The molecule has 0 aliphatic carbocycles. The lowest BCUT2D eigenvalue weighted by Crippen LogP contribution is -2.49. The molecule has 2 aliphatic heterocycles. The van der Waals surface area contributed by atoms with Crippen LogP contribution in [0.1, 0.15) is 12.0 Å². The fraction of sp³-hybridized carbons (Fsp3) is 0.455. The van der Waals surface area contributed by atoms with Gasteiger partial charge in [-0.05, 0) is 23.6 Å². The van der Waals surface area contributed by atoms with Crippen LogP contribution in [0.2, 0.25) is 0 Å². The van der Waals surface area contributed by atoms with Crippen molar-refractivity contribution in [2.75, 3.05) is 46.4 Å². The Hall–Kier alpha value is -1.88. The topological polar surface area (TPSA) is 27.7 Å². The van der Waals surface area contributed by atoms with E-state index in [1.54, 1.807) is 7.11 Å². The molecule has 0 bridgehead atoms. The lowest BCUT2D eigenvalue weighted by molar-refractivity contribution is 0.170. The summed E-state index contributed by atoms with van der Waals surface area (Å²) in [5, 5.41) is 3.45. The van der Waals surface area contributed by atoms with E-state index in [2.05, 4.69) is 63.6 Å². The molecule has 0 spiro atoms. The van der Waals surface area contributed by atoms with Crippen LogP contribution in [0.15, 0.2) is 48.5 Å². The molecule has 4 heteroatoms. The third-order valence-corrected chi connectivity index (χ3v) is 5.70. The molecule has 0 radical (unpaired) electrons. The smallest absolute Gasteiger partial charge is 0.123 e. The maximum atomic E-state index is 5.72. The van der Waals surface area contributed by atoms with Gasteiger partial charge in [0.2, 0.25) is 0 Å². The van der Waals surface area contributed by atoms with E-state index in [4.69, 9.17) is 4.74 Å². The fourth-order valence-corrected chi connectivity index (χ4v) is 4.23. The summed E-state index contributed by atoms with van der Waals surface area (Å²) in [5.74, 6) is 0.997. The molecule has 2 heterocycles. The largest absolute Gasteiger partial charge is 0.496 e. The summed E-state index contributed by atoms with van der Waals surface area (Å²) < 4.78 is 5.72. The Bertz CT molecular complexity index is 713. The summed E-state index contributed by atoms with van der Waals surface area (Å²) in [4.78, 5) is 5.24. The van der Waals surface area contributed by atoms with Gasteiger partial charge in [-0.25, -0.2) is 0 Å². The van der Waals surface area contributed by atoms with Crippen LogP contribution in [-0.2, 0) is 6.54 Å². The van der Waals surface area contributed by atoms with Gasteiger partial charge in [-0.1, -0.05) is 42.5 Å². The first-order chi connectivity index (χ1) is 12.8. The highest BCUT2D eigenvalue weighted by atomic mass is 16.5. The SMILES string of the molecule is COc1cc(-c2ccccc2)ccc1CN1CCC(N2CCNCC2)C1. The Balaban J connectivity index is 1.43. The minimum absolute atomic E-state index is 0.715. The number of hydrogen-bond donors (Lipinski definition) is 1. The Labute approximate surface area is 156 Å². The van der Waals surface area contributed by atoms with Crippen molar-refractivity contribution in [2.45, 2.75) is 19.0 Å². The summed E-state index contributed by atoms with van der Waals surface area (Å²) in [6.45, 7) is 7.96. The molecule has 0 saturated carbocycles. The number of rotatable bonds is 5. The van der Waals surface area contributed by atoms with Crippen molar-refractivity contribution in [1.29, 1.82) is 0 Å². The molecule has 2 aliphatic rings. The fourth-order valence-electron chi connectivity index (χ4n) is 4.23. The second kappa shape index (κ2) is 8.21. The number of nitrogens with one attached hydrogen (secondary N) is 1. The number of hydrogen-bond acceptors (Lipinski definition) is 4. The van der Waals surface area contributed by atoms with E-state index in [9.17, 15) is 0 Å². The Morgan fingerprint density at radius 2 is 1.81 bits per heavy atom. The van der Waals surface area contributed by atoms with Crippen LogP contribution in [0, 0.1) is 0 Å². The number of methoxy groups -OCH3 is 1. The van der Waals surface area contributed by atoms with Gasteiger partial charge in [0.1, 0.15) is 5.75 Å². The predicted molar refractivity (Wildman–Crippen MR) is 107 cm³/mol. The van der Waals surface area contributed by atoms with E-state index in [1.165, 1.54) is 49.3 Å². The Morgan fingerprint density at radius 1 is 1.00 bits per heavy atom. The highest BCUT2D eigenvalue weighted by molar-refractivity contribution is 5.66. The molecule has 2 fully saturated rings. The van der Waals surface area contributed by atoms with Crippen molar-refractivity contribution < 1.29 is 4.74 Å². The normalized spacial score (nSPS) is 21.8. The second-order valence-corrected chi connectivity index (χ2v) is 7.36. The maximum absolute atomic E-state index is 5.72. The molecule has 26 heavy (non-hydrogen) atoms. The van der Waals surface area contributed by atoms with E-state index < -0.39 is 0 Å². The molecule has 1 N–H and O–H groups in total. The molecular formula is C22H29N3O. The van der Waals surface area contributed by atoms with Crippen molar-refractivity contribution in [2.24, 2.45) is 0 Å². The standard InChI is InChI=1S/C22H29N3O/c1-26-22-15-19(18-5-3-2-4-6-18)7-8-20(22)16-24-12-9-21(17-24)25-13-10-23-11-14-25/h2-8,15,21,23H,9-14,16-17H2,1H3. The van der Waals surface area contributed by atoms with Gasteiger partial charge in [0.15, 0.2) is 0 Å². The van der Waals surface area contributed by atoms with Crippen molar-refractivity contribution in [1.82, 2.24) is 15.1 Å². The highest BCUT2D eigenvalue weighted by Crippen LogP contribution is 2.29. The Morgan fingerprint density at radius 3 is 2.58 bits per heavy atom. The molecular weight excluding hydrogens is 322 g/mol. The van der Waals surface area contributed by atoms with Crippen molar-refractivity contribution in [3.05, 3.63) is 54.1 Å². The van der Waals surface area contributed by atoms with Gasteiger partial charge in [-0.2, -0.15) is 0 Å². The zero-order valence-corrected chi connectivity index (χ0v) is 15.7. The molecule has 1 atom stereocenters. The van der Waals surface area contributed by atoms with Crippen molar-refractivity contribution in [3.63, 3.8) is 0 Å². The first kappa shape index (κ1) is 17.5. The van der Waals surface area contributed by atoms with Crippen LogP contribution < -0.4 is 10.1 Å².